The van der Waals surface area contributed by atoms with Crippen LogP contribution in [0.25, 0.3) is 6.08 Å². The van der Waals surface area contributed by atoms with E-state index in [0.29, 0.717) is 24.7 Å². The molecule has 5 heteroatoms. The molecule has 0 unspecified atom stereocenters. The summed E-state index contributed by atoms with van der Waals surface area (Å²) in [5, 5.41) is 10.6. The molecule has 1 aromatic carbocycles. The first-order valence-electron chi connectivity index (χ1n) is 6.30. The Balaban J connectivity index is 3.01. The fourth-order valence-corrected chi connectivity index (χ4v) is 1.51. The number of nitro groups is 1. The Kier molecular flexibility index (Phi) is 5.85. The minimum atomic E-state index is -0.415. The van der Waals surface area contributed by atoms with Crippen LogP contribution in [-0.2, 0) is 0 Å². The highest BCUT2D eigenvalue weighted by molar-refractivity contribution is 5.56. The summed E-state index contributed by atoms with van der Waals surface area (Å²) in [6.07, 6.45) is 2.42. The van der Waals surface area contributed by atoms with Crippen LogP contribution in [0.3, 0.4) is 0 Å². The number of nitrogens with zero attached hydrogens (tertiary/aromatic N) is 1. The minimum absolute atomic E-state index is 0.0877. The third kappa shape index (κ3) is 4.62. The van der Waals surface area contributed by atoms with Crippen LogP contribution in [0.4, 0.5) is 0 Å². The first-order valence-corrected chi connectivity index (χ1v) is 6.30. The summed E-state index contributed by atoms with van der Waals surface area (Å²) in [4.78, 5) is 10.2. The van der Waals surface area contributed by atoms with E-state index in [0.717, 1.165) is 12.0 Å². The molecule has 0 bridgehead atoms. The lowest BCUT2D eigenvalue weighted by Crippen LogP contribution is -2.00. The normalized spacial score (nSPS) is 11.2. The Hall–Kier alpha value is -2.04. The average molecular weight is 265 g/mol. The summed E-state index contributed by atoms with van der Waals surface area (Å²) in [5.74, 6) is 1.28. The maximum absolute atomic E-state index is 10.6. The summed E-state index contributed by atoms with van der Waals surface area (Å²) in [6.45, 7) is 6.50. The highest BCUT2D eigenvalue weighted by atomic mass is 16.6. The molecule has 0 aliphatic heterocycles. The average Bonchev–Trinajstić information content (AvgIpc) is 2.38. The van der Waals surface area contributed by atoms with Gasteiger partial charge >= 0.3 is 0 Å². The van der Waals surface area contributed by atoms with Crippen molar-refractivity contribution in [3.63, 3.8) is 0 Å². The lowest BCUT2D eigenvalue weighted by atomic mass is 10.1. The molecular formula is C14H19NO4. The summed E-state index contributed by atoms with van der Waals surface area (Å²) in [6, 6.07) is 5.31. The maximum Gasteiger partial charge on any atom is 0.243 e. The molecule has 0 amide bonds. The van der Waals surface area contributed by atoms with Crippen molar-refractivity contribution in [1.82, 2.24) is 0 Å². The van der Waals surface area contributed by atoms with E-state index >= 15 is 0 Å². The second-order valence-corrected chi connectivity index (χ2v) is 4.03. The van der Waals surface area contributed by atoms with Crippen LogP contribution in [0.5, 0.6) is 11.5 Å². The number of ether oxygens (including phenoxy) is 2. The van der Waals surface area contributed by atoms with Crippen molar-refractivity contribution < 1.29 is 14.4 Å². The van der Waals surface area contributed by atoms with E-state index in [1.807, 2.05) is 13.8 Å². The van der Waals surface area contributed by atoms with Gasteiger partial charge in [0.25, 0.3) is 0 Å². The second-order valence-electron chi connectivity index (χ2n) is 4.03. The molecule has 5 nitrogen and oxygen atoms in total. The quantitative estimate of drug-likeness (QED) is 0.559. The van der Waals surface area contributed by atoms with Gasteiger partial charge in [-0.25, -0.2) is 0 Å². The zero-order valence-corrected chi connectivity index (χ0v) is 11.5. The molecule has 1 rings (SSSR count). The van der Waals surface area contributed by atoms with Gasteiger partial charge in [0.1, 0.15) is 0 Å². The second kappa shape index (κ2) is 7.41. The highest BCUT2D eigenvalue weighted by Gasteiger charge is 2.08. The van der Waals surface area contributed by atoms with Gasteiger partial charge in [-0.05, 0) is 31.0 Å². The molecule has 0 heterocycles. The van der Waals surface area contributed by atoms with Gasteiger partial charge < -0.3 is 9.47 Å². The van der Waals surface area contributed by atoms with Gasteiger partial charge in [-0.3, -0.25) is 10.1 Å². The Morgan fingerprint density at radius 1 is 1.32 bits per heavy atom. The molecule has 0 spiro atoms. The molecule has 0 radical (unpaired) electrons. The third-order valence-corrected chi connectivity index (χ3v) is 2.39. The molecule has 1 aromatic rings. The molecule has 0 fully saturated rings. The molecule has 19 heavy (non-hydrogen) atoms. The topological polar surface area (TPSA) is 61.6 Å². The number of benzene rings is 1. The van der Waals surface area contributed by atoms with Gasteiger partial charge in [0, 0.05) is 13.0 Å². The molecular weight excluding hydrogens is 246 g/mol. The molecule has 104 valence electrons. The van der Waals surface area contributed by atoms with Gasteiger partial charge in [-0.2, -0.15) is 0 Å². The van der Waals surface area contributed by atoms with Crippen LogP contribution in [0.2, 0.25) is 0 Å². The van der Waals surface area contributed by atoms with Crippen molar-refractivity contribution in [1.29, 1.82) is 0 Å². The van der Waals surface area contributed by atoms with Crippen LogP contribution >= 0.6 is 0 Å². The van der Waals surface area contributed by atoms with Crippen molar-refractivity contribution in [2.75, 3.05) is 13.2 Å². The zero-order valence-electron chi connectivity index (χ0n) is 11.5. The van der Waals surface area contributed by atoms with E-state index in [1.165, 1.54) is 13.0 Å². The van der Waals surface area contributed by atoms with Crippen LogP contribution in [0.15, 0.2) is 23.9 Å². The minimum Gasteiger partial charge on any atom is -0.490 e. The number of rotatable bonds is 7. The predicted molar refractivity (Wildman–Crippen MR) is 74.0 cm³/mol. The van der Waals surface area contributed by atoms with Gasteiger partial charge in [0.2, 0.25) is 5.70 Å². The first-order chi connectivity index (χ1) is 9.08. The summed E-state index contributed by atoms with van der Waals surface area (Å²) in [7, 11) is 0. The largest absolute Gasteiger partial charge is 0.490 e. The van der Waals surface area contributed by atoms with Gasteiger partial charge in [-0.1, -0.05) is 13.0 Å². The van der Waals surface area contributed by atoms with Gasteiger partial charge in [0.15, 0.2) is 11.5 Å². The van der Waals surface area contributed by atoms with Crippen LogP contribution in [0.1, 0.15) is 32.8 Å². The predicted octanol–water partition coefficient (Wildman–Crippen LogP) is 3.51. The van der Waals surface area contributed by atoms with E-state index in [9.17, 15) is 10.1 Å². The highest BCUT2D eigenvalue weighted by Crippen LogP contribution is 2.29. The number of allylic oxidation sites excluding steroid dienone is 1. The van der Waals surface area contributed by atoms with E-state index in [2.05, 4.69) is 0 Å². The summed E-state index contributed by atoms with van der Waals surface area (Å²) >= 11 is 0. The van der Waals surface area contributed by atoms with Crippen molar-refractivity contribution >= 4 is 6.08 Å². The SMILES string of the molecule is CCCOc1ccc(/C=C(\C)[N+](=O)[O-])cc1OCC. The van der Waals surface area contributed by atoms with E-state index in [-0.39, 0.29) is 5.70 Å². The van der Waals surface area contributed by atoms with Gasteiger partial charge in [-0.15, -0.1) is 0 Å². The molecule has 0 aliphatic rings. The van der Waals surface area contributed by atoms with Crippen LogP contribution < -0.4 is 9.47 Å². The Morgan fingerprint density at radius 2 is 2.05 bits per heavy atom. The molecule has 0 aromatic heterocycles. The molecule has 0 saturated heterocycles. The fraction of sp³-hybridized carbons (Fsp3) is 0.429. The number of hydrogen-bond donors (Lipinski definition) is 0. The third-order valence-electron chi connectivity index (χ3n) is 2.39. The van der Waals surface area contributed by atoms with Gasteiger partial charge in [0.05, 0.1) is 18.1 Å². The monoisotopic (exact) mass is 265 g/mol. The van der Waals surface area contributed by atoms with Crippen molar-refractivity contribution in [2.45, 2.75) is 27.2 Å². The summed E-state index contributed by atoms with van der Waals surface area (Å²) in [5.41, 5.74) is 0.811. The Morgan fingerprint density at radius 3 is 2.63 bits per heavy atom. The van der Waals surface area contributed by atoms with E-state index in [1.54, 1.807) is 18.2 Å². The number of hydrogen-bond acceptors (Lipinski definition) is 4. The lowest BCUT2D eigenvalue weighted by molar-refractivity contribution is -0.422. The van der Waals surface area contributed by atoms with Crippen molar-refractivity contribution in [3.8, 4) is 11.5 Å². The smallest absolute Gasteiger partial charge is 0.243 e. The Labute approximate surface area is 113 Å². The molecule has 0 N–H and O–H groups in total. The maximum atomic E-state index is 10.6. The Bertz CT molecular complexity index is 469. The summed E-state index contributed by atoms with van der Waals surface area (Å²) < 4.78 is 11.1. The zero-order chi connectivity index (χ0) is 14.3. The molecule has 0 aliphatic carbocycles. The standard InChI is InChI=1S/C14H19NO4/c1-4-8-19-13-7-6-12(9-11(3)15(16)17)10-14(13)18-5-2/h6-7,9-10H,4-5,8H2,1-3H3/b11-9+. The van der Waals surface area contributed by atoms with Crippen LogP contribution in [-0.4, -0.2) is 18.1 Å². The first kappa shape index (κ1) is 15.0. The van der Waals surface area contributed by atoms with Crippen LogP contribution in [0, 0.1) is 10.1 Å². The lowest BCUT2D eigenvalue weighted by Gasteiger charge is -2.11. The molecule has 0 saturated carbocycles. The fourth-order valence-electron chi connectivity index (χ4n) is 1.51. The van der Waals surface area contributed by atoms with E-state index < -0.39 is 4.92 Å². The van der Waals surface area contributed by atoms with Crippen molar-refractivity contribution in [3.05, 3.63) is 39.6 Å². The van der Waals surface area contributed by atoms with Crippen molar-refractivity contribution in [2.24, 2.45) is 0 Å². The molecule has 0 atom stereocenters. The van der Waals surface area contributed by atoms with E-state index in [4.69, 9.17) is 9.47 Å².